The molecule has 5 nitrogen and oxygen atoms in total. The van der Waals surface area contributed by atoms with Crippen molar-refractivity contribution in [3.05, 3.63) is 52.5 Å². The summed E-state index contributed by atoms with van der Waals surface area (Å²) in [6.45, 7) is 5.98. The molecule has 0 aliphatic carbocycles. The van der Waals surface area contributed by atoms with Gasteiger partial charge in [-0.2, -0.15) is 0 Å². The Kier molecular flexibility index (Phi) is 6.02. The molecule has 0 amide bonds. The van der Waals surface area contributed by atoms with Crippen LogP contribution < -0.4 is 5.19 Å². The van der Waals surface area contributed by atoms with Crippen molar-refractivity contribution in [3.63, 3.8) is 0 Å². The van der Waals surface area contributed by atoms with E-state index in [9.17, 15) is 4.79 Å². The summed E-state index contributed by atoms with van der Waals surface area (Å²) in [4.78, 5) is 13.8. The Balaban J connectivity index is 2.62. The minimum absolute atomic E-state index is 0.270. The number of rotatable bonds is 6. The van der Waals surface area contributed by atoms with E-state index in [1.807, 2.05) is 24.3 Å². The van der Waals surface area contributed by atoms with Gasteiger partial charge in [0.1, 0.15) is 20.7 Å². The lowest BCUT2D eigenvalue weighted by molar-refractivity contribution is -0.144. The largest absolute Gasteiger partial charge is 0.458 e. The first-order valence-electron chi connectivity index (χ1n) is 6.41. The average molecular weight is 289 g/mol. The summed E-state index contributed by atoms with van der Waals surface area (Å²) >= 11 is 0. The van der Waals surface area contributed by atoms with Crippen LogP contribution >= 0.6 is 0 Å². The van der Waals surface area contributed by atoms with E-state index in [0.717, 1.165) is 0 Å². The Hall–Kier alpha value is -2.04. The number of carbonyl (C=O) groups excluding carboxylic acids is 1. The SMILES string of the molecule is C[C@H](/C=C/[Si](C)(C)c1ccccc1)OC(=O)CN=[N+]=[N-]. The highest BCUT2D eigenvalue weighted by Gasteiger charge is 2.19. The lowest BCUT2D eigenvalue weighted by atomic mass is 10.4. The quantitative estimate of drug-likeness (QED) is 0.265. The molecule has 106 valence electrons. The van der Waals surface area contributed by atoms with Crippen LogP contribution in [0.4, 0.5) is 0 Å². The van der Waals surface area contributed by atoms with E-state index in [0.29, 0.717) is 0 Å². The van der Waals surface area contributed by atoms with E-state index < -0.39 is 14.0 Å². The summed E-state index contributed by atoms with van der Waals surface area (Å²) in [7, 11) is -1.67. The van der Waals surface area contributed by atoms with Gasteiger partial charge >= 0.3 is 5.97 Å². The Bertz CT molecular complexity index is 522. The van der Waals surface area contributed by atoms with Crippen molar-refractivity contribution in [1.29, 1.82) is 0 Å². The Labute approximate surface area is 119 Å². The van der Waals surface area contributed by atoms with Gasteiger partial charge in [0.25, 0.3) is 0 Å². The van der Waals surface area contributed by atoms with Crippen molar-refractivity contribution < 1.29 is 9.53 Å². The Morgan fingerprint density at radius 1 is 1.45 bits per heavy atom. The van der Waals surface area contributed by atoms with Crippen molar-refractivity contribution in [3.8, 4) is 0 Å². The molecule has 1 aromatic carbocycles. The molecule has 0 aromatic heterocycles. The van der Waals surface area contributed by atoms with Crippen LogP contribution in [0.5, 0.6) is 0 Å². The molecule has 6 heteroatoms. The number of hydrogen-bond donors (Lipinski definition) is 0. The zero-order chi connectivity index (χ0) is 15.0. The van der Waals surface area contributed by atoms with Gasteiger partial charge in [0.05, 0.1) is 0 Å². The molecule has 1 atom stereocenters. The summed E-state index contributed by atoms with van der Waals surface area (Å²) in [6.07, 6.45) is 1.57. The summed E-state index contributed by atoms with van der Waals surface area (Å²) in [5.74, 6) is -0.515. The van der Waals surface area contributed by atoms with Gasteiger partial charge in [-0.3, -0.25) is 4.79 Å². The second-order valence-corrected chi connectivity index (χ2v) is 9.38. The van der Waals surface area contributed by atoms with Crippen LogP contribution in [0.3, 0.4) is 0 Å². The van der Waals surface area contributed by atoms with Crippen molar-refractivity contribution in [2.45, 2.75) is 26.1 Å². The van der Waals surface area contributed by atoms with Crippen molar-refractivity contribution in [1.82, 2.24) is 0 Å². The molecule has 0 saturated carbocycles. The van der Waals surface area contributed by atoms with Gasteiger partial charge in [-0.1, -0.05) is 65.5 Å². The van der Waals surface area contributed by atoms with E-state index in [-0.39, 0.29) is 12.6 Å². The third kappa shape index (κ3) is 5.30. The van der Waals surface area contributed by atoms with Gasteiger partial charge in [0.2, 0.25) is 0 Å². The minimum Gasteiger partial charge on any atom is -0.458 e. The molecular formula is C14H19N3O2Si. The molecular weight excluding hydrogens is 270 g/mol. The van der Waals surface area contributed by atoms with Gasteiger partial charge < -0.3 is 4.74 Å². The first kappa shape index (κ1) is 16.0. The van der Waals surface area contributed by atoms with E-state index in [2.05, 4.69) is 41.0 Å². The van der Waals surface area contributed by atoms with E-state index in [1.54, 1.807) is 6.92 Å². The molecule has 1 rings (SSSR count). The number of esters is 1. The molecule has 0 bridgehead atoms. The highest BCUT2D eigenvalue weighted by Crippen LogP contribution is 2.07. The summed E-state index contributed by atoms with van der Waals surface area (Å²) in [5.41, 5.74) is 10.3. The number of hydrogen-bond acceptors (Lipinski definition) is 3. The van der Waals surface area contributed by atoms with Gasteiger partial charge in [0.15, 0.2) is 0 Å². The van der Waals surface area contributed by atoms with E-state index in [1.165, 1.54) is 5.19 Å². The lowest BCUT2D eigenvalue weighted by Gasteiger charge is -2.19. The Morgan fingerprint density at radius 3 is 2.70 bits per heavy atom. The second-order valence-electron chi connectivity index (χ2n) is 5.03. The molecule has 20 heavy (non-hydrogen) atoms. The zero-order valence-corrected chi connectivity index (χ0v) is 13.0. The van der Waals surface area contributed by atoms with Crippen LogP contribution in [0.15, 0.2) is 47.2 Å². The molecule has 0 N–H and O–H groups in total. The van der Waals surface area contributed by atoms with Crippen LogP contribution in [-0.2, 0) is 9.53 Å². The standard InChI is InChI=1S/C14H19N3O2Si/c1-12(19-14(18)11-16-17-15)9-10-20(2,3)13-7-5-4-6-8-13/h4-10,12H,11H2,1-3H3/b10-9+/t12-/m1/s1. The lowest BCUT2D eigenvalue weighted by Crippen LogP contribution is -2.39. The van der Waals surface area contributed by atoms with Crippen LogP contribution in [0.1, 0.15) is 6.92 Å². The highest BCUT2D eigenvalue weighted by molar-refractivity contribution is 6.93. The maximum Gasteiger partial charge on any atom is 0.312 e. The topological polar surface area (TPSA) is 75.1 Å². The third-order valence-electron chi connectivity index (χ3n) is 2.88. The first-order valence-corrected chi connectivity index (χ1v) is 9.48. The fourth-order valence-corrected chi connectivity index (χ4v) is 3.71. The predicted octanol–water partition coefficient (Wildman–Crippen LogP) is 2.94. The maximum absolute atomic E-state index is 11.3. The van der Waals surface area contributed by atoms with Crippen LogP contribution in [-0.4, -0.2) is 26.7 Å². The third-order valence-corrected chi connectivity index (χ3v) is 5.73. The molecule has 0 aliphatic heterocycles. The molecule has 0 saturated heterocycles. The predicted molar refractivity (Wildman–Crippen MR) is 82.3 cm³/mol. The van der Waals surface area contributed by atoms with E-state index in [4.69, 9.17) is 10.3 Å². The number of nitrogens with zero attached hydrogens (tertiary/aromatic N) is 3. The second kappa shape index (κ2) is 7.52. The molecule has 0 unspecified atom stereocenters. The van der Waals surface area contributed by atoms with Crippen LogP contribution in [0.25, 0.3) is 10.4 Å². The average Bonchev–Trinajstić information content (AvgIpc) is 2.44. The van der Waals surface area contributed by atoms with Gasteiger partial charge in [-0.15, -0.1) is 0 Å². The Morgan fingerprint density at radius 2 is 2.10 bits per heavy atom. The normalized spacial score (nSPS) is 12.8. The van der Waals surface area contributed by atoms with Gasteiger partial charge in [-0.25, -0.2) is 0 Å². The van der Waals surface area contributed by atoms with Crippen molar-refractivity contribution >= 4 is 19.2 Å². The number of azide groups is 1. The molecule has 0 radical (unpaired) electrons. The summed E-state index contributed by atoms with van der Waals surface area (Å²) in [5, 5.41) is 4.49. The molecule has 0 heterocycles. The van der Waals surface area contributed by atoms with Gasteiger partial charge in [-0.05, 0) is 12.5 Å². The smallest absolute Gasteiger partial charge is 0.312 e. The highest BCUT2D eigenvalue weighted by atomic mass is 28.3. The first-order chi connectivity index (χ1) is 9.45. The minimum atomic E-state index is -1.67. The van der Waals surface area contributed by atoms with Crippen molar-refractivity contribution in [2.24, 2.45) is 5.11 Å². The maximum atomic E-state index is 11.3. The molecule has 0 fully saturated rings. The van der Waals surface area contributed by atoms with Gasteiger partial charge in [0, 0.05) is 4.91 Å². The number of carbonyl (C=O) groups is 1. The number of ether oxygens (including phenoxy) is 1. The zero-order valence-electron chi connectivity index (χ0n) is 12.0. The van der Waals surface area contributed by atoms with Crippen LogP contribution in [0, 0.1) is 0 Å². The van der Waals surface area contributed by atoms with E-state index >= 15 is 0 Å². The fraction of sp³-hybridized carbons (Fsp3) is 0.357. The van der Waals surface area contributed by atoms with Crippen molar-refractivity contribution in [2.75, 3.05) is 6.54 Å². The van der Waals surface area contributed by atoms with Crippen LogP contribution in [0.2, 0.25) is 13.1 Å². The molecule has 0 aliphatic rings. The monoisotopic (exact) mass is 289 g/mol. The number of benzene rings is 1. The molecule has 0 spiro atoms. The molecule has 1 aromatic rings. The summed E-state index contributed by atoms with van der Waals surface area (Å²) < 4.78 is 5.12. The summed E-state index contributed by atoms with van der Waals surface area (Å²) in [6, 6.07) is 10.3. The fourth-order valence-electron chi connectivity index (χ4n) is 1.71.